The summed E-state index contributed by atoms with van der Waals surface area (Å²) in [5.74, 6) is -0.517. The third-order valence-electron chi connectivity index (χ3n) is 15.0. The maximum absolute atomic E-state index is 13.6. The van der Waals surface area contributed by atoms with Crippen LogP contribution in [-0.2, 0) is 27.9 Å². The molecule has 0 radical (unpaired) electrons. The van der Waals surface area contributed by atoms with Gasteiger partial charge in [-0.1, -0.05) is 279 Å². The Bertz CT molecular complexity index is 1740. The highest BCUT2D eigenvalue weighted by atomic mass is 31.2. The van der Waals surface area contributed by atoms with Crippen LogP contribution in [0.2, 0.25) is 0 Å². The van der Waals surface area contributed by atoms with Gasteiger partial charge in [-0.15, -0.1) is 0 Å². The lowest BCUT2D eigenvalue weighted by atomic mass is 10.0. The number of phosphoric ester groups is 1. The molecule has 3 atom stereocenters. The van der Waals surface area contributed by atoms with Gasteiger partial charge < -0.3 is 19.4 Å². The number of hydrogen-bond acceptors (Lipinski definition) is 6. The molecule has 0 aliphatic heterocycles. The largest absolute Gasteiger partial charge is 0.472 e. The summed E-state index contributed by atoms with van der Waals surface area (Å²) in [7, 11) is 1.48. The van der Waals surface area contributed by atoms with Crippen molar-refractivity contribution >= 4 is 19.7 Å². The minimum atomic E-state index is -4.46. The van der Waals surface area contributed by atoms with Crippen molar-refractivity contribution in [2.75, 3.05) is 40.9 Å². The van der Waals surface area contributed by atoms with Crippen molar-refractivity contribution in [1.29, 1.82) is 0 Å². The molecule has 0 aromatic heterocycles. The molecule has 10 heteroatoms. The number of quaternary nitrogens is 1. The molecule has 2 N–H and O–H groups in total. The Morgan fingerprint density at radius 2 is 0.771 bits per heavy atom. The first-order valence-electron chi connectivity index (χ1n) is 34.6. The fourth-order valence-electron chi connectivity index (χ4n) is 9.70. The Balaban J connectivity index is 5.15. The summed E-state index contributed by atoms with van der Waals surface area (Å²) >= 11 is 0. The minimum Gasteiger partial charge on any atom is -0.456 e. The quantitative estimate of drug-likeness (QED) is 0.0205. The zero-order valence-electron chi connectivity index (χ0n) is 54.9. The number of carbonyl (C=O) groups excluding carboxylic acids is 2. The van der Waals surface area contributed by atoms with E-state index in [2.05, 4.69) is 111 Å². The van der Waals surface area contributed by atoms with Crippen LogP contribution in [0, 0.1) is 0 Å². The Kier molecular flexibility index (Phi) is 59.7. The number of nitrogens with zero attached hydrogens (tertiary/aromatic N) is 1. The second-order valence-electron chi connectivity index (χ2n) is 24.3. The molecule has 0 saturated carbocycles. The Morgan fingerprint density at radius 3 is 1.17 bits per heavy atom. The van der Waals surface area contributed by atoms with Crippen molar-refractivity contribution in [3.05, 3.63) is 97.2 Å². The molecule has 0 bridgehead atoms. The smallest absolute Gasteiger partial charge is 0.456 e. The van der Waals surface area contributed by atoms with Crippen LogP contribution in [0.25, 0.3) is 0 Å². The zero-order chi connectivity index (χ0) is 60.7. The van der Waals surface area contributed by atoms with Gasteiger partial charge in [0, 0.05) is 12.8 Å². The fourth-order valence-corrected chi connectivity index (χ4v) is 10.4. The topological polar surface area (TPSA) is 111 Å². The maximum Gasteiger partial charge on any atom is 0.472 e. The molecule has 480 valence electrons. The maximum atomic E-state index is 13.6. The van der Waals surface area contributed by atoms with Crippen LogP contribution in [0.3, 0.4) is 0 Å². The molecule has 0 aliphatic rings. The van der Waals surface area contributed by atoms with Crippen LogP contribution in [-0.4, -0.2) is 74.3 Å². The van der Waals surface area contributed by atoms with Gasteiger partial charge in [0.1, 0.15) is 19.3 Å². The summed E-state index contributed by atoms with van der Waals surface area (Å²) in [6.45, 7) is 6.90. The standard InChI is InChI=1S/C73H131N2O7P/c1-7-10-13-16-19-22-25-28-30-32-33-34-35-36-37-38-39-40-41-43-45-48-51-54-57-60-63-66-73(77)82-71(64-61-58-55-52-49-46-27-24-21-18-15-12-9-3)70(69-81-83(78,79)80-68-67-75(4,5)6)74-72(76)65-62-59-56-53-50-47-44-42-31-29-26-23-20-17-14-11-8-2/h10,13,19,22,28-31,33-34,36-37,39-40,61,64,70-71H,7-9,11-12,14-18,20-21,23-27,32,35,38,41-60,62-63,65-69H2,1-6H3,(H-,74,76,78,79)/p+1/b13-10-,22-19-,30-28-,31-29+,34-33-,37-36-,40-39-,64-61-. The van der Waals surface area contributed by atoms with Crippen molar-refractivity contribution in [3.63, 3.8) is 0 Å². The molecule has 0 spiro atoms. The molecule has 0 fully saturated rings. The van der Waals surface area contributed by atoms with Crippen molar-refractivity contribution in [2.45, 2.75) is 315 Å². The van der Waals surface area contributed by atoms with Gasteiger partial charge in [-0.05, 0) is 109 Å². The van der Waals surface area contributed by atoms with Crippen molar-refractivity contribution in [2.24, 2.45) is 0 Å². The molecule has 1 amide bonds. The summed E-state index contributed by atoms with van der Waals surface area (Å²) in [6.07, 6.45) is 84.1. The van der Waals surface area contributed by atoms with E-state index in [0.717, 1.165) is 122 Å². The fraction of sp³-hybridized carbons (Fsp3) is 0.753. The van der Waals surface area contributed by atoms with Crippen LogP contribution in [0.1, 0.15) is 303 Å². The summed E-state index contributed by atoms with van der Waals surface area (Å²) in [5.41, 5.74) is 0. The number of carbonyl (C=O) groups is 2. The molecule has 0 saturated heterocycles. The zero-order valence-corrected chi connectivity index (χ0v) is 55.8. The van der Waals surface area contributed by atoms with Crippen molar-refractivity contribution in [3.8, 4) is 0 Å². The van der Waals surface area contributed by atoms with Crippen LogP contribution >= 0.6 is 7.82 Å². The first-order valence-corrected chi connectivity index (χ1v) is 36.1. The summed E-state index contributed by atoms with van der Waals surface area (Å²) in [6, 6.07) is -0.860. The molecule has 0 aromatic rings. The molecular formula is C73H132N2O7P+. The molecule has 0 rings (SSSR count). The Morgan fingerprint density at radius 1 is 0.434 bits per heavy atom. The lowest BCUT2D eigenvalue weighted by Crippen LogP contribution is -2.47. The average molecular weight is 1180 g/mol. The summed E-state index contributed by atoms with van der Waals surface area (Å²) in [4.78, 5) is 37.9. The predicted molar refractivity (Wildman–Crippen MR) is 360 cm³/mol. The van der Waals surface area contributed by atoms with Crippen molar-refractivity contribution in [1.82, 2.24) is 5.32 Å². The van der Waals surface area contributed by atoms with Gasteiger partial charge >= 0.3 is 13.8 Å². The number of rotatable bonds is 62. The second-order valence-corrected chi connectivity index (χ2v) is 25.8. The number of likely N-dealkylation sites (N-methyl/N-ethyl adjacent to an activating group) is 1. The number of hydrogen-bond donors (Lipinski definition) is 2. The SMILES string of the molecule is CC/C=C\C/C=C\C/C=C\C/C=C\C/C=C\C/C=C\CCCCCCCCCCC(=O)OC(/C=C\CCCCCCCCCCCCC)C(COP(=O)(O)OCC[N+](C)(C)C)NC(=O)CCCCCCCCC/C=C/CCCCCCCC. The van der Waals surface area contributed by atoms with E-state index in [4.69, 9.17) is 13.8 Å². The Hall–Kier alpha value is -3.07. The third-order valence-corrected chi connectivity index (χ3v) is 16.0. The first-order chi connectivity index (χ1) is 40.4. The van der Waals surface area contributed by atoms with Crippen LogP contribution in [0.5, 0.6) is 0 Å². The van der Waals surface area contributed by atoms with Crippen LogP contribution in [0.4, 0.5) is 0 Å². The number of allylic oxidation sites excluding steroid dienone is 15. The first kappa shape index (κ1) is 79.9. The van der Waals surface area contributed by atoms with E-state index in [1.807, 2.05) is 33.3 Å². The molecule has 9 nitrogen and oxygen atoms in total. The minimum absolute atomic E-state index is 0.0347. The van der Waals surface area contributed by atoms with Gasteiger partial charge in [-0.25, -0.2) is 4.57 Å². The molecular weight excluding hydrogens is 1050 g/mol. The molecule has 0 aromatic carbocycles. The monoisotopic (exact) mass is 1180 g/mol. The average Bonchev–Trinajstić information content (AvgIpc) is 3.47. The molecule has 83 heavy (non-hydrogen) atoms. The second kappa shape index (κ2) is 62.0. The number of unbranched alkanes of at least 4 members (excludes halogenated alkanes) is 32. The lowest BCUT2D eigenvalue weighted by molar-refractivity contribution is -0.870. The third kappa shape index (κ3) is 63.3. The van der Waals surface area contributed by atoms with E-state index in [0.29, 0.717) is 17.4 Å². The van der Waals surface area contributed by atoms with Gasteiger partial charge in [0.2, 0.25) is 5.91 Å². The predicted octanol–water partition coefficient (Wildman–Crippen LogP) is 21.9. The van der Waals surface area contributed by atoms with Gasteiger partial charge in [0.05, 0.1) is 33.8 Å². The molecule has 0 aliphatic carbocycles. The van der Waals surface area contributed by atoms with Gasteiger partial charge in [0.25, 0.3) is 0 Å². The summed E-state index contributed by atoms with van der Waals surface area (Å²) in [5, 5.41) is 3.06. The normalized spacial score (nSPS) is 14.2. The van der Waals surface area contributed by atoms with E-state index >= 15 is 0 Å². The highest BCUT2D eigenvalue weighted by molar-refractivity contribution is 7.47. The van der Waals surface area contributed by atoms with Gasteiger partial charge in [-0.2, -0.15) is 0 Å². The van der Waals surface area contributed by atoms with Crippen LogP contribution < -0.4 is 5.32 Å². The summed E-state index contributed by atoms with van der Waals surface area (Å²) < 4.78 is 30.8. The highest BCUT2D eigenvalue weighted by Crippen LogP contribution is 2.43. The van der Waals surface area contributed by atoms with E-state index in [9.17, 15) is 19.0 Å². The van der Waals surface area contributed by atoms with E-state index < -0.39 is 20.0 Å². The lowest BCUT2D eigenvalue weighted by Gasteiger charge is -2.27. The van der Waals surface area contributed by atoms with E-state index in [-0.39, 0.29) is 31.5 Å². The Labute approximate surface area is 513 Å². The molecule has 0 heterocycles. The number of amides is 1. The number of nitrogens with one attached hydrogen (secondary N) is 1. The van der Waals surface area contributed by atoms with Gasteiger partial charge in [-0.3, -0.25) is 18.6 Å². The molecule has 3 unspecified atom stereocenters. The van der Waals surface area contributed by atoms with Gasteiger partial charge in [0.15, 0.2) is 0 Å². The number of esters is 1. The van der Waals surface area contributed by atoms with Crippen molar-refractivity contribution < 1.29 is 37.3 Å². The van der Waals surface area contributed by atoms with Crippen LogP contribution in [0.15, 0.2) is 97.2 Å². The highest BCUT2D eigenvalue weighted by Gasteiger charge is 2.30. The van der Waals surface area contributed by atoms with E-state index in [1.165, 1.54) is 148 Å². The van der Waals surface area contributed by atoms with E-state index in [1.54, 1.807) is 0 Å². The number of phosphoric acid groups is 1. The number of ether oxygens (including phenoxy) is 1.